The molecule has 9 heteroatoms. The number of nitrogens with zero attached hydrogens (tertiary/aromatic N) is 1. The molecule has 0 radical (unpaired) electrons. The van der Waals surface area contributed by atoms with Crippen LogP contribution in [0.1, 0.15) is 41.3 Å². The summed E-state index contributed by atoms with van der Waals surface area (Å²) < 4.78 is 24.6. The fraction of sp³-hybridized carbons (Fsp3) is 0.346. The third kappa shape index (κ3) is 7.37. The van der Waals surface area contributed by atoms with Gasteiger partial charge < -0.3 is 20.2 Å². The van der Waals surface area contributed by atoms with Gasteiger partial charge in [-0.1, -0.05) is 35.9 Å². The number of aryl methyl sites for hydroxylation is 1. The Morgan fingerprint density at radius 3 is 2.60 bits per heavy atom. The summed E-state index contributed by atoms with van der Waals surface area (Å²) in [6.07, 6.45) is 3.44. The summed E-state index contributed by atoms with van der Waals surface area (Å²) in [7, 11) is 1.34. The van der Waals surface area contributed by atoms with E-state index in [-0.39, 0.29) is 17.7 Å². The van der Waals surface area contributed by atoms with Crippen LogP contribution in [-0.4, -0.2) is 36.6 Å². The third-order valence-corrected chi connectivity index (χ3v) is 5.92. The first-order chi connectivity index (χ1) is 16.8. The standard InChI is InChI=1S/C26H29ClFN3O4/c1-16-15-30-25(35-16)24(32)31-21(13-19(4-3-11-29)26(33)34-2)12-17-5-7-18(8-6-17)22-14-20(27)9-10-23(22)28/h5-10,14-15,19,21H,3-4,11-13,29H2,1-2H3,(H,31,32)/t19-,21-/m1/s1. The first-order valence-corrected chi connectivity index (χ1v) is 11.7. The summed E-state index contributed by atoms with van der Waals surface area (Å²) in [5, 5.41) is 3.38. The Morgan fingerprint density at radius 1 is 1.23 bits per heavy atom. The maximum Gasteiger partial charge on any atom is 0.308 e. The Balaban J connectivity index is 1.81. The second kappa shape index (κ2) is 12.5. The van der Waals surface area contributed by atoms with E-state index < -0.39 is 17.9 Å². The lowest BCUT2D eigenvalue weighted by molar-refractivity contribution is -0.146. The van der Waals surface area contributed by atoms with Crippen LogP contribution in [-0.2, 0) is 16.0 Å². The SMILES string of the molecule is COC(=O)[C@H](CCCN)C[C@@H](Cc1ccc(-c2cc(Cl)ccc2F)cc1)NC(=O)c1ncc(C)o1. The van der Waals surface area contributed by atoms with E-state index in [1.807, 2.05) is 12.1 Å². The molecule has 2 atom stereocenters. The van der Waals surface area contributed by atoms with Gasteiger partial charge in [0.05, 0.1) is 19.2 Å². The maximum absolute atomic E-state index is 14.3. The molecule has 0 spiro atoms. The molecule has 0 aliphatic rings. The number of nitrogens with two attached hydrogens (primary N) is 1. The third-order valence-electron chi connectivity index (χ3n) is 5.69. The number of carbonyl (C=O) groups is 2. The zero-order valence-electron chi connectivity index (χ0n) is 19.7. The minimum absolute atomic E-state index is 0.0455. The lowest BCUT2D eigenvalue weighted by Crippen LogP contribution is -2.39. The number of carbonyl (C=O) groups excluding carboxylic acids is 2. The number of methoxy groups -OCH3 is 1. The Bertz CT molecular complexity index is 1150. The molecule has 1 amide bonds. The molecule has 0 aliphatic heterocycles. The lowest BCUT2D eigenvalue weighted by atomic mass is 9.91. The van der Waals surface area contributed by atoms with Crippen molar-refractivity contribution in [3.05, 3.63) is 76.7 Å². The molecule has 3 aromatic rings. The van der Waals surface area contributed by atoms with Crippen LogP contribution in [0.25, 0.3) is 11.1 Å². The zero-order chi connectivity index (χ0) is 25.4. The zero-order valence-corrected chi connectivity index (χ0v) is 20.5. The van der Waals surface area contributed by atoms with Crippen molar-refractivity contribution in [1.29, 1.82) is 0 Å². The Kier molecular flexibility index (Phi) is 9.39. The Morgan fingerprint density at radius 2 is 1.97 bits per heavy atom. The molecular weight excluding hydrogens is 473 g/mol. The van der Waals surface area contributed by atoms with Gasteiger partial charge in [-0.3, -0.25) is 9.59 Å². The summed E-state index contributed by atoms with van der Waals surface area (Å²) in [6, 6.07) is 11.3. The highest BCUT2D eigenvalue weighted by molar-refractivity contribution is 6.30. The highest BCUT2D eigenvalue weighted by atomic mass is 35.5. The smallest absolute Gasteiger partial charge is 0.308 e. The van der Waals surface area contributed by atoms with E-state index in [9.17, 15) is 14.0 Å². The van der Waals surface area contributed by atoms with Crippen LogP contribution in [0.2, 0.25) is 5.02 Å². The molecule has 3 rings (SSSR count). The number of ether oxygens (including phenoxy) is 1. The van der Waals surface area contributed by atoms with Gasteiger partial charge in [0.2, 0.25) is 0 Å². The summed E-state index contributed by atoms with van der Waals surface area (Å²) in [6.45, 7) is 2.15. The molecule has 2 aromatic carbocycles. The summed E-state index contributed by atoms with van der Waals surface area (Å²) in [4.78, 5) is 29.1. The van der Waals surface area contributed by atoms with Gasteiger partial charge in [-0.2, -0.15) is 0 Å². The van der Waals surface area contributed by atoms with Crippen LogP contribution in [0.15, 0.2) is 53.1 Å². The van der Waals surface area contributed by atoms with E-state index in [2.05, 4.69) is 10.3 Å². The predicted octanol–water partition coefficient (Wildman–Crippen LogP) is 4.70. The van der Waals surface area contributed by atoms with Gasteiger partial charge in [-0.15, -0.1) is 0 Å². The first-order valence-electron chi connectivity index (χ1n) is 11.4. The fourth-order valence-electron chi connectivity index (χ4n) is 3.93. The quantitative estimate of drug-likeness (QED) is 0.369. The topological polar surface area (TPSA) is 107 Å². The molecule has 0 aliphatic carbocycles. The van der Waals surface area contributed by atoms with Crippen LogP contribution in [0.4, 0.5) is 4.39 Å². The summed E-state index contributed by atoms with van der Waals surface area (Å²) in [5.74, 6) is -1.14. The van der Waals surface area contributed by atoms with Crippen molar-refractivity contribution in [2.75, 3.05) is 13.7 Å². The molecule has 0 saturated carbocycles. The first kappa shape index (κ1) is 26.4. The molecular formula is C26H29ClFN3O4. The average Bonchev–Trinajstić information content (AvgIpc) is 3.29. The summed E-state index contributed by atoms with van der Waals surface area (Å²) >= 11 is 6.02. The minimum Gasteiger partial charge on any atom is -0.469 e. The maximum atomic E-state index is 14.3. The average molecular weight is 502 g/mol. The van der Waals surface area contributed by atoms with Gasteiger partial charge in [0.15, 0.2) is 0 Å². The van der Waals surface area contributed by atoms with E-state index in [0.717, 1.165) is 5.56 Å². The van der Waals surface area contributed by atoms with Crippen molar-refractivity contribution < 1.29 is 23.1 Å². The molecule has 7 nitrogen and oxygen atoms in total. The van der Waals surface area contributed by atoms with Crippen molar-refractivity contribution in [3.63, 3.8) is 0 Å². The fourth-order valence-corrected chi connectivity index (χ4v) is 4.10. The molecule has 0 unspecified atom stereocenters. The molecule has 0 fully saturated rings. The van der Waals surface area contributed by atoms with Gasteiger partial charge >= 0.3 is 11.9 Å². The molecule has 3 N–H and O–H groups in total. The predicted molar refractivity (Wildman–Crippen MR) is 131 cm³/mol. The van der Waals surface area contributed by atoms with E-state index in [1.165, 1.54) is 25.4 Å². The number of amides is 1. The number of halogens is 2. The number of esters is 1. The number of oxazole rings is 1. The monoisotopic (exact) mass is 501 g/mol. The van der Waals surface area contributed by atoms with E-state index in [4.69, 9.17) is 26.5 Å². The van der Waals surface area contributed by atoms with Gasteiger partial charge in [0.1, 0.15) is 11.6 Å². The van der Waals surface area contributed by atoms with Gasteiger partial charge in [-0.25, -0.2) is 9.37 Å². The Hall–Kier alpha value is -3.23. The number of hydrogen-bond donors (Lipinski definition) is 2. The van der Waals surface area contributed by atoms with Crippen molar-refractivity contribution in [1.82, 2.24) is 10.3 Å². The largest absolute Gasteiger partial charge is 0.469 e. The number of aromatic nitrogens is 1. The van der Waals surface area contributed by atoms with Crippen LogP contribution < -0.4 is 11.1 Å². The number of hydrogen-bond acceptors (Lipinski definition) is 6. The van der Waals surface area contributed by atoms with Gasteiger partial charge in [-0.05, 0) is 68.5 Å². The number of nitrogens with one attached hydrogen (secondary N) is 1. The van der Waals surface area contributed by atoms with E-state index >= 15 is 0 Å². The van der Waals surface area contributed by atoms with E-state index in [1.54, 1.807) is 25.1 Å². The molecule has 1 heterocycles. The van der Waals surface area contributed by atoms with E-state index in [0.29, 0.717) is 54.1 Å². The number of rotatable bonds is 11. The molecule has 35 heavy (non-hydrogen) atoms. The molecule has 0 bridgehead atoms. The van der Waals surface area contributed by atoms with Crippen molar-refractivity contribution in [2.24, 2.45) is 11.7 Å². The van der Waals surface area contributed by atoms with Crippen molar-refractivity contribution in [3.8, 4) is 11.1 Å². The molecule has 186 valence electrons. The Labute approximate surface area is 208 Å². The molecule has 1 aromatic heterocycles. The second-order valence-electron chi connectivity index (χ2n) is 8.36. The van der Waals surface area contributed by atoms with Crippen LogP contribution >= 0.6 is 11.6 Å². The normalized spacial score (nSPS) is 12.7. The highest BCUT2D eigenvalue weighted by Gasteiger charge is 2.26. The molecule has 0 saturated heterocycles. The number of benzene rings is 2. The highest BCUT2D eigenvalue weighted by Crippen LogP contribution is 2.27. The van der Waals surface area contributed by atoms with Crippen LogP contribution in [0.5, 0.6) is 0 Å². The minimum atomic E-state index is -0.469. The van der Waals surface area contributed by atoms with Gasteiger partial charge in [0, 0.05) is 16.6 Å². The summed E-state index contributed by atoms with van der Waals surface area (Å²) in [5.41, 5.74) is 7.62. The van der Waals surface area contributed by atoms with Crippen LogP contribution in [0, 0.1) is 18.7 Å². The van der Waals surface area contributed by atoms with Crippen molar-refractivity contribution in [2.45, 2.75) is 38.6 Å². The van der Waals surface area contributed by atoms with Crippen molar-refractivity contribution >= 4 is 23.5 Å². The second-order valence-corrected chi connectivity index (χ2v) is 8.79. The van der Waals surface area contributed by atoms with Gasteiger partial charge in [0.25, 0.3) is 5.89 Å². The van der Waals surface area contributed by atoms with Crippen LogP contribution in [0.3, 0.4) is 0 Å². The lowest BCUT2D eigenvalue weighted by Gasteiger charge is -2.23.